The predicted molar refractivity (Wildman–Crippen MR) is 132 cm³/mol. The molecule has 184 valence electrons. The minimum atomic E-state index is -0.539. The van der Waals surface area contributed by atoms with Crippen molar-refractivity contribution in [1.82, 2.24) is 30.5 Å². The van der Waals surface area contributed by atoms with Gasteiger partial charge in [-0.2, -0.15) is 0 Å². The summed E-state index contributed by atoms with van der Waals surface area (Å²) in [5.74, 6) is -0.539. The Labute approximate surface area is 207 Å². The van der Waals surface area contributed by atoms with Crippen LogP contribution in [0.2, 0.25) is 0 Å². The molecule has 0 aliphatic carbocycles. The number of aromatic nitrogens is 3. The Morgan fingerprint density at radius 1 is 1.11 bits per heavy atom. The van der Waals surface area contributed by atoms with Gasteiger partial charge in [0.2, 0.25) is 0 Å². The normalized spacial score (nSPS) is 18.6. The highest BCUT2D eigenvalue weighted by atomic mass is 32.1. The third-order valence-corrected chi connectivity index (χ3v) is 6.22. The molecule has 2 aliphatic rings. The lowest BCUT2D eigenvalue weighted by molar-refractivity contribution is 0.0389. The largest absolute Gasteiger partial charge is 0.442 e. The Hall–Kier alpha value is -3.35. The van der Waals surface area contributed by atoms with E-state index < -0.39 is 18.0 Å². The molecule has 3 aromatic rings. The Kier molecular flexibility index (Phi) is 7.02. The van der Waals surface area contributed by atoms with Crippen molar-refractivity contribution in [2.45, 2.75) is 6.10 Å². The van der Waals surface area contributed by atoms with E-state index in [0.717, 1.165) is 32.8 Å². The third kappa shape index (κ3) is 5.50. The van der Waals surface area contributed by atoms with Crippen LogP contribution in [0.15, 0.2) is 42.5 Å². The van der Waals surface area contributed by atoms with Gasteiger partial charge >= 0.3 is 6.09 Å². The zero-order valence-electron chi connectivity index (χ0n) is 19.0. The monoisotopic (exact) mass is 499 g/mol. The molecule has 2 saturated heterocycles. The lowest BCUT2D eigenvalue weighted by Crippen LogP contribution is -2.45. The fourth-order valence-electron chi connectivity index (χ4n) is 4.05. The maximum absolute atomic E-state index is 14.9. The first-order valence-corrected chi connectivity index (χ1v) is 11.9. The lowest BCUT2D eigenvalue weighted by atomic mass is 10.2. The molecular weight excluding hydrogens is 473 g/mol. The van der Waals surface area contributed by atoms with Crippen molar-refractivity contribution >= 4 is 40.1 Å². The first-order chi connectivity index (χ1) is 17.1. The van der Waals surface area contributed by atoms with Crippen molar-refractivity contribution in [1.29, 1.82) is 0 Å². The number of cyclic esters (lactones) is 1. The first-order valence-electron chi connectivity index (χ1n) is 11.5. The van der Waals surface area contributed by atoms with Crippen molar-refractivity contribution in [3.8, 4) is 5.69 Å². The second-order valence-corrected chi connectivity index (χ2v) is 8.73. The van der Waals surface area contributed by atoms with E-state index in [9.17, 15) is 9.18 Å². The third-order valence-electron chi connectivity index (χ3n) is 5.93. The van der Waals surface area contributed by atoms with Crippen LogP contribution in [0.3, 0.4) is 0 Å². The van der Waals surface area contributed by atoms with Crippen LogP contribution in [0.25, 0.3) is 16.7 Å². The van der Waals surface area contributed by atoms with Gasteiger partial charge < -0.3 is 20.1 Å². The second-order valence-electron chi connectivity index (χ2n) is 8.32. The molecule has 0 bridgehead atoms. The van der Waals surface area contributed by atoms with E-state index in [1.165, 1.54) is 15.8 Å². The summed E-state index contributed by atoms with van der Waals surface area (Å²) in [5.41, 5.74) is 1.94. The zero-order valence-corrected chi connectivity index (χ0v) is 19.8. The number of anilines is 1. The first kappa shape index (κ1) is 23.4. The molecule has 12 heteroatoms. The van der Waals surface area contributed by atoms with Crippen LogP contribution >= 0.6 is 12.2 Å². The molecule has 5 rings (SSSR count). The number of nitrogens with one attached hydrogen (secondary N) is 2. The number of fused-ring (bicyclic) bond motifs is 1. The van der Waals surface area contributed by atoms with E-state index in [2.05, 4.69) is 25.7 Å². The molecule has 1 atom stereocenters. The molecule has 0 spiro atoms. The number of morpholine rings is 1. The highest BCUT2D eigenvalue weighted by Crippen LogP contribution is 2.25. The standard InChI is InChI=1S/C23H26FN7O3S/c24-18-13-16(5-6-21(18)31-27-19-3-1-2-4-20(19)28-31)30-15-17(34-23(30)32)14-26-22(35)25-7-8-29-9-11-33-12-10-29/h1-6,13,17H,7-12,14-15H2,(H2,25,26,35)/t17-/m0/s1. The summed E-state index contributed by atoms with van der Waals surface area (Å²) in [6.07, 6.45) is -0.944. The minimum absolute atomic E-state index is 0.198. The van der Waals surface area contributed by atoms with E-state index in [4.69, 9.17) is 21.7 Å². The summed E-state index contributed by atoms with van der Waals surface area (Å²) in [4.78, 5) is 17.4. The van der Waals surface area contributed by atoms with Crippen molar-refractivity contribution in [3.05, 3.63) is 48.3 Å². The number of ether oxygens (including phenoxy) is 2. The van der Waals surface area contributed by atoms with Crippen LogP contribution in [0, 0.1) is 5.82 Å². The molecule has 1 aromatic heterocycles. The zero-order chi connectivity index (χ0) is 24.2. The number of rotatable bonds is 7. The topological polar surface area (TPSA) is 96.8 Å². The molecule has 3 heterocycles. The Bertz CT molecular complexity index is 1180. The summed E-state index contributed by atoms with van der Waals surface area (Å²) < 4.78 is 25.7. The van der Waals surface area contributed by atoms with Gasteiger partial charge in [0.25, 0.3) is 0 Å². The molecule has 0 unspecified atom stereocenters. The number of benzene rings is 2. The van der Waals surface area contributed by atoms with Gasteiger partial charge in [-0.15, -0.1) is 15.0 Å². The van der Waals surface area contributed by atoms with Crippen LogP contribution in [-0.4, -0.2) is 89.7 Å². The Morgan fingerprint density at radius 2 is 1.86 bits per heavy atom. The van der Waals surface area contributed by atoms with Gasteiger partial charge in [0.05, 0.1) is 32.0 Å². The average molecular weight is 500 g/mol. The van der Waals surface area contributed by atoms with Crippen LogP contribution in [-0.2, 0) is 9.47 Å². The van der Waals surface area contributed by atoms with E-state index in [-0.39, 0.29) is 12.2 Å². The van der Waals surface area contributed by atoms with Crippen LogP contribution in [0.4, 0.5) is 14.9 Å². The van der Waals surface area contributed by atoms with E-state index in [0.29, 0.717) is 34.9 Å². The molecular formula is C23H26FN7O3S. The maximum atomic E-state index is 14.9. The molecule has 2 aromatic carbocycles. The fourth-order valence-corrected chi connectivity index (χ4v) is 4.24. The Balaban J connectivity index is 1.13. The quantitative estimate of drug-likeness (QED) is 0.471. The molecule has 0 saturated carbocycles. The van der Waals surface area contributed by atoms with E-state index in [1.54, 1.807) is 12.1 Å². The van der Waals surface area contributed by atoms with Crippen molar-refractivity contribution in [3.63, 3.8) is 0 Å². The van der Waals surface area contributed by atoms with E-state index >= 15 is 0 Å². The molecule has 2 aliphatic heterocycles. The number of thiocarbonyl (C=S) groups is 1. The predicted octanol–water partition coefficient (Wildman–Crippen LogP) is 1.68. The maximum Gasteiger partial charge on any atom is 0.414 e. The van der Waals surface area contributed by atoms with E-state index in [1.807, 2.05) is 24.3 Å². The lowest BCUT2D eigenvalue weighted by Gasteiger charge is -2.26. The van der Waals surface area contributed by atoms with Crippen molar-refractivity contribution < 1.29 is 18.7 Å². The number of hydrogen-bond donors (Lipinski definition) is 2. The molecule has 2 N–H and O–H groups in total. The van der Waals surface area contributed by atoms with Gasteiger partial charge in [-0.3, -0.25) is 9.80 Å². The summed E-state index contributed by atoms with van der Waals surface area (Å²) in [6, 6.07) is 11.8. The number of carbonyl (C=O) groups excluding carboxylic acids is 1. The Morgan fingerprint density at radius 3 is 2.57 bits per heavy atom. The van der Waals surface area contributed by atoms with Gasteiger partial charge in [-0.05, 0) is 36.5 Å². The number of amides is 1. The van der Waals surface area contributed by atoms with Gasteiger partial charge in [0, 0.05) is 32.2 Å². The second kappa shape index (κ2) is 10.5. The van der Waals surface area contributed by atoms with Crippen molar-refractivity contribution in [2.24, 2.45) is 0 Å². The highest BCUT2D eigenvalue weighted by molar-refractivity contribution is 7.80. The summed E-state index contributed by atoms with van der Waals surface area (Å²) >= 11 is 5.33. The summed E-state index contributed by atoms with van der Waals surface area (Å²) in [7, 11) is 0. The van der Waals surface area contributed by atoms with Gasteiger partial charge in [-0.25, -0.2) is 9.18 Å². The number of nitrogens with zero attached hydrogens (tertiary/aromatic N) is 5. The van der Waals surface area contributed by atoms with Gasteiger partial charge in [0.15, 0.2) is 10.9 Å². The number of hydrogen-bond acceptors (Lipinski definition) is 7. The fraction of sp³-hybridized carbons (Fsp3) is 0.391. The van der Waals surface area contributed by atoms with Crippen LogP contribution in [0.1, 0.15) is 0 Å². The number of carbonyl (C=O) groups is 1. The molecule has 10 nitrogen and oxygen atoms in total. The SMILES string of the molecule is O=C1O[C@@H](CNC(=S)NCCN2CCOCC2)CN1c1ccc(-n2nc3ccccc3n2)c(F)c1. The average Bonchev–Trinajstić information content (AvgIpc) is 3.46. The van der Waals surface area contributed by atoms with Crippen LogP contribution < -0.4 is 15.5 Å². The van der Waals surface area contributed by atoms with Crippen LogP contribution in [0.5, 0.6) is 0 Å². The number of halogens is 1. The molecule has 2 fully saturated rings. The molecule has 0 radical (unpaired) electrons. The summed E-state index contributed by atoms with van der Waals surface area (Å²) in [6.45, 7) is 5.60. The minimum Gasteiger partial charge on any atom is -0.442 e. The molecule has 1 amide bonds. The summed E-state index contributed by atoms with van der Waals surface area (Å²) in [5, 5.41) is 15.4. The van der Waals surface area contributed by atoms with Gasteiger partial charge in [-0.1, -0.05) is 12.1 Å². The van der Waals surface area contributed by atoms with Crippen molar-refractivity contribution in [2.75, 3.05) is 57.4 Å². The van der Waals surface area contributed by atoms with Gasteiger partial charge in [0.1, 0.15) is 22.8 Å². The highest BCUT2D eigenvalue weighted by Gasteiger charge is 2.32. The molecule has 35 heavy (non-hydrogen) atoms. The smallest absolute Gasteiger partial charge is 0.414 e.